The Morgan fingerprint density at radius 1 is 1.47 bits per heavy atom. The number of carbonyl (C=O) groups is 1. The van der Waals surface area contributed by atoms with E-state index in [1.54, 1.807) is 18.2 Å². The molecule has 1 N–H and O–H groups in total. The summed E-state index contributed by atoms with van der Waals surface area (Å²) in [4.78, 5) is 14.1. The predicted molar refractivity (Wildman–Crippen MR) is 73.7 cm³/mol. The van der Waals surface area contributed by atoms with Crippen LogP contribution in [-0.4, -0.2) is 33.8 Å². The number of aromatic hydroxyl groups is 1. The molecule has 3 nitrogen and oxygen atoms in total. The first-order valence-corrected chi connectivity index (χ1v) is 7.40. The topological polar surface area (TPSA) is 40.5 Å². The molecule has 17 heavy (non-hydrogen) atoms. The molecule has 0 atom stereocenters. The van der Waals surface area contributed by atoms with Gasteiger partial charge in [-0.2, -0.15) is 0 Å². The Hall–Kier alpha value is -0.550. The molecule has 0 unspecified atom stereocenters. The highest BCUT2D eigenvalue weighted by Gasteiger charge is 2.33. The fraction of sp³-hybridized carbons (Fsp3) is 0.417. The second kappa shape index (κ2) is 5.40. The minimum atomic E-state index is -0.0862. The maximum atomic E-state index is 12.3. The molecule has 92 valence electrons. The highest BCUT2D eigenvalue weighted by atomic mass is 79.9. The normalized spacial score (nSPS) is 14.7. The highest BCUT2D eigenvalue weighted by molar-refractivity contribution is 9.10. The number of carbonyl (C=O) groups excluding carboxylic acids is 1. The molecule has 0 spiro atoms. The molecule has 1 aromatic rings. The monoisotopic (exact) mass is 361 g/mol. The number of alkyl halides is 1. The molecule has 1 aliphatic carbocycles. The minimum absolute atomic E-state index is 0.0320. The van der Waals surface area contributed by atoms with Crippen molar-refractivity contribution in [3.63, 3.8) is 0 Å². The van der Waals surface area contributed by atoms with Crippen molar-refractivity contribution in [2.45, 2.75) is 18.9 Å². The first-order chi connectivity index (χ1) is 8.13. The Morgan fingerprint density at radius 2 is 2.18 bits per heavy atom. The van der Waals surface area contributed by atoms with E-state index in [4.69, 9.17) is 0 Å². The van der Waals surface area contributed by atoms with Gasteiger partial charge in [-0.1, -0.05) is 31.9 Å². The average molecular weight is 363 g/mol. The fourth-order valence-corrected chi connectivity index (χ4v) is 2.50. The Balaban J connectivity index is 2.22. The number of rotatable bonds is 4. The Bertz CT molecular complexity index is 433. The van der Waals surface area contributed by atoms with Crippen molar-refractivity contribution in [1.82, 2.24) is 4.90 Å². The van der Waals surface area contributed by atoms with Crippen LogP contribution in [0.15, 0.2) is 22.7 Å². The summed E-state index contributed by atoms with van der Waals surface area (Å²) < 4.78 is 0.769. The summed E-state index contributed by atoms with van der Waals surface area (Å²) in [5.74, 6) is -0.0541. The van der Waals surface area contributed by atoms with Gasteiger partial charge in [-0.05, 0) is 31.0 Å². The van der Waals surface area contributed by atoms with E-state index in [0.29, 0.717) is 18.2 Å². The highest BCUT2D eigenvalue weighted by Crippen LogP contribution is 2.30. The van der Waals surface area contributed by atoms with E-state index in [2.05, 4.69) is 31.9 Å². The smallest absolute Gasteiger partial charge is 0.257 e. The molecule has 5 heteroatoms. The number of benzene rings is 1. The van der Waals surface area contributed by atoms with Gasteiger partial charge < -0.3 is 10.0 Å². The lowest BCUT2D eigenvalue weighted by molar-refractivity contribution is 0.0751. The van der Waals surface area contributed by atoms with Crippen LogP contribution in [0.1, 0.15) is 23.2 Å². The standard InChI is InChI=1S/C12H13Br2NO2/c13-5-6-15(9-2-3-9)12(17)10-4-1-8(14)7-11(10)16/h1,4,7,9,16H,2-3,5-6H2. The second-order valence-electron chi connectivity index (χ2n) is 4.08. The summed E-state index contributed by atoms with van der Waals surface area (Å²) in [6.45, 7) is 0.680. The molecule has 1 saturated carbocycles. The van der Waals surface area contributed by atoms with Crippen LogP contribution in [0.25, 0.3) is 0 Å². The van der Waals surface area contributed by atoms with Gasteiger partial charge in [0.05, 0.1) is 5.56 Å². The fourth-order valence-electron chi connectivity index (χ4n) is 1.77. The first kappa shape index (κ1) is 12.9. The minimum Gasteiger partial charge on any atom is -0.507 e. The van der Waals surface area contributed by atoms with Crippen molar-refractivity contribution < 1.29 is 9.90 Å². The van der Waals surface area contributed by atoms with E-state index in [9.17, 15) is 9.90 Å². The zero-order valence-corrected chi connectivity index (χ0v) is 12.4. The van der Waals surface area contributed by atoms with Crippen molar-refractivity contribution >= 4 is 37.8 Å². The van der Waals surface area contributed by atoms with Gasteiger partial charge in [0.25, 0.3) is 5.91 Å². The number of phenols is 1. The van der Waals surface area contributed by atoms with Crippen LogP contribution >= 0.6 is 31.9 Å². The lowest BCUT2D eigenvalue weighted by Crippen LogP contribution is -2.34. The summed E-state index contributed by atoms with van der Waals surface area (Å²) >= 11 is 6.62. The van der Waals surface area contributed by atoms with Gasteiger partial charge in [-0.25, -0.2) is 0 Å². The third-order valence-corrected chi connectivity index (χ3v) is 3.61. The predicted octanol–water partition coefficient (Wildman–Crippen LogP) is 3.15. The van der Waals surface area contributed by atoms with Crippen LogP contribution in [0.4, 0.5) is 0 Å². The largest absolute Gasteiger partial charge is 0.507 e. The molecular weight excluding hydrogens is 350 g/mol. The van der Waals surface area contributed by atoms with Crippen molar-refractivity contribution in [2.24, 2.45) is 0 Å². The van der Waals surface area contributed by atoms with Crippen LogP contribution in [0.2, 0.25) is 0 Å². The van der Waals surface area contributed by atoms with E-state index in [1.165, 1.54) is 0 Å². The quantitative estimate of drug-likeness (QED) is 0.836. The van der Waals surface area contributed by atoms with Crippen molar-refractivity contribution in [1.29, 1.82) is 0 Å². The molecule has 0 aliphatic heterocycles. The van der Waals surface area contributed by atoms with E-state index in [1.807, 2.05) is 4.90 Å². The molecule has 1 aliphatic rings. The molecule has 1 aromatic carbocycles. The van der Waals surface area contributed by atoms with Gasteiger partial charge in [0.1, 0.15) is 5.75 Å². The number of amides is 1. The van der Waals surface area contributed by atoms with Gasteiger partial charge in [-0.3, -0.25) is 4.79 Å². The Kier molecular flexibility index (Phi) is 4.09. The lowest BCUT2D eigenvalue weighted by atomic mass is 10.1. The van der Waals surface area contributed by atoms with E-state index in [0.717, 1.165) is 22.6 Å². The number of halogens is 2. The summed E-state index contributed by atoms with van der Waals surface area (Å²) in [5, 5.41) is 10.5. The number of phenolic OH excluding ortho intramolecular Hbond substituents is 1. The van der Waals surface area contributed by atoms with E-state index >= 15 is 0 Å². The molecule has 0 bridgehead atoms. The van der Waals surface area contributed by atoms with Crippen molar-refractivity contribution in [3.05, 3.63) is 28.2 Å². The zero-order chi connectivity index (χ0) is 12.4. The third-order valence-electron chi connectivity index (χ3n) is 2.76. The van der Waals surface area contributed by atoms with Crippen LogP contribution in [0, 0.1) is 0 Å². The molecule has 0 heterocycles. The van der Waals surface area contributed by atoms with Gasteiger partial charge in [0.2, 0.25) is 0 Å². The average Bonchev–Trinajstić information content (AvgIpc) is 3.09. The zero-order valence-electron chi connectivity index (χ0n) is 9.20. The van der Waals surface area contributed by atoms with Gasteiger partial charge in [0, 0.05) is 22.4 Å². The first-order valence-electron chi connectivity index (χ1n) is 5.49. The molecular formula is C12H13Br2NO2. The van der Waals surface area contributed by atoms with Gasteiger partial charge in [0.15, 0.2) is 0 Å². The van der Waals surface area contributed by atoms with Crippen molar-refractivity contribution in [3.8, 4) is 5.75 Å². The molecule has 1 fully saturated rings. The van der Waals surface area contributed by atoms with E-state index in [-0.39, 0.29) is 11.7 Å². The summed E-state index contributed by atoms with van der Waals surface area (Å²) in [5.41, 5.74) is 0.376. The summed E-state index contributed by atoms with van der Waals surface area (Å²) in [7, 11) is 0. The van der Waals surface area contributed by atoms with Crippen LogP contribution in [-0.2, 0) is 0 Å². The molecule has 0 radical (unpaired) electrons. The maximum Gasteiger partial charge on any atom is 0.257 e. The van der Waals surface area contributed by atoms with Crippen LogP contribution < -0.4 is 0 Å². The van der Waals surface area contributed by atoms with Crippen LogP contribution in [0.5, 0.6) is 5.75 Å². The number of nitrogens with zero attached hydrogens (tertiary/aromatic N) is 1. The summed E-state index contributed by atoms with van der Waals surface area (Å²) in [6.07, 6.45) is 2.13. The number of hydrogen-bond acceptors (Lipinski definition) is 2. The Morgan fingerprint density at radius 3 is 2.71 bits per heavy atom. The van der Waals surface area contributed by atoms with Gasteiger partial charge in [-0.15, -0.1) is 0 Å². The lowest BCUT2D eigenvalue weighted by Gasteiger charge is -2.21. The van der Waals surface area contributed by atoms with Crippen molar-refractivity contribution in [2.75, 3.05) is 11.9 Å². The van der Waals surface area contributed by atoms with Gasteiger partial charge >= 0.3 is 0 Å². The molecule has 0 saturated heterocycles. The SMILES string of the molecule is O=C(c1ccc(Br)cc1O)N(CCBr)C1CC1. The van der Waals surface area contributed by atoms with E-state index < -0.39 is 0 Å². The molecule has 2 rings (SSSR count). The molecule has 1 amide bonds. The molecule has 0 aromatic heterocycles. The van der Waals surface area contributed by atoms with Crippen LogP contribution in [0.3, 0.4) is 0 Å². The maximum absolute atomic E-state index is 12.3. The Labute approximate surface area is 117 Å². The second-order valence-corrected chi connectivity index (χ2v) is 5.79. The number of hydrogen-bond donors (Lipinski definition) is 1. The third kappa shape index (κ3) is 3.01. The summed E-state index contributed by atoms with van der Waals surface area (Å²) in [6, 6.07) is 5.33.